The number of hydrogen-bond acceptors (Lipinski definition) is 7. The summed E-state index contributed by atoms with van der Waals surface area (Å²) in [6.45, 7) is 5.23. The molecule has 3 aromatic rings. The van der Waals surface area contributed by atoms with E-state index in [1.54, 1.807) is 6.20 Å². The van der Waals surface area contributed by atoms with Crippen LogP contribution in [0.15, 0.2) is 60.8 Å². The zero-order valence-corrected chi connectivity index (χ0v) is 18.1. The highest BCUT2D eigenvalue weighted by Crippen LogP contribution is 2.23. The van der Waals surface area contributed by atoms with Gasteiger partial charge in [-0.05, 0) is 48.9 Å². The summed E-state index contributed by atoms with van der Waals surface area (Å²) in [4.78, 5) is 23.2. The molecule has 1 amide bonds. The summed E-state index contributed by atoms with van der Waals surface area (Å²) < 4.78 is 5.41. The predicted molar refractivity (Wildman–Crippen MR) is 127 cm³/mol. The van der Waals surface area contributed by atoms with Gasteiger partial charge in [-0.1, -0.05) is 19.1 Å². The quantitative estimate of drug-likeness (QED) is 0.525. The van der Waals surface area contributed by atoms with E-state index in [0.29, 0.717) is 18.1 Å². The van der Waals surface area contributed by atoms with E-state index < -0.39 is 6.04 Å². The zero-order chi connectivity index (χ0) is 22.3. The molecule has 0 bridgehead atoms. The summed E-state index contributed by atoms with van der Waals surface area (Å²) in [7, 11) is 0. The van der Waals surface area contributed by atoms with Gasteiger partial charge in [0.05, 0.1) is 24.9 Å². The maximum atomic E-state index is 12.0. The van der Waals surface area contributed by atoms with E-state index in [4.69, 9.17) is 10.5 Å². The van der Waals surface area contributed by atoms with Crippen molar-refractivity contribution in [2.24, 2.45) is 5.73 Å². The van der Waals surface area contributed by atoms with E-state index in [1.165, 1.54) is 5.69 Å². The normalized spacial score (nSPS) is 14.6. The molecule has 0 aliphatic carbocycles. The molecule has 32 heavy (non-hydrogen) atoms. The average molecular weight is 433 g/mol. The fourth-order valence-electron chi connectivity index (χ4n) is 3.43. The first-order valence-electron chi connectivity index (χ1n) is 10.8. The van der Waals surface area contributed by atoms with Crippen molar-refractivity contribution in [3.8, 4) is 11.3 Å². The van der Waals surface area contributed by atoms with Gasteiger partial charge in [0.2, 0.25) is 11.9 Å². The van der Waals surface area contributed by atoms with Gasteiger partial charge >= 0.3 is 0 Å². The van der Waals surface area contributed by atoms with Crippen LogP contribution in [0.2, 0.25) is 0 Å². The number of anilines is 4. The van der Waals surface area contributed by atoms with E-state index in [1.807, 2.05) is 49.4 Å². The Morgan fingerprint density at radius 1 is 1.06 bits per heavy atom. The second kappa shape index (κ2) is 10.2. The van der Waals surface area contributed by atoms with Crippen molar-refractivity contribution >= 4 is 28.9 Å². The summed E-state index contributed by atoms with van der Waals surface area (Å²) in [6.07, 6.45) is 2.32. The van der Waals surface area contributed by atoms with Gasteiger partial charge in [0.15, 0.2) is 0 Å². The van der Waals surface area contributed by atoms with Crippen molar-refractivity contribution in [3.63, 3.8) is 0 Å². The third-order valence-electron chi connectivity index (χ3n) is 5.38. The smallest absolute Gasteiger partial charge is 0.241 e. The molecule has 4 N–H and O–H groups in total. The Bertz CT molecular complexity index is 1030. The van der Waals surface area contributed by atoms with Gasteiger partial charge in [0, 0.05) is 41.9 Å². The summed E-state index contributed by atoms with van der Waals surface area (Å²) >= 11 is 0. The predicted octanol–water partition coefficient (Wildman–Crippen LogP) is 3.40. The Morgan fingerprint density at radius 2 is 1.75 bits per heavy atom. The first-order chi connectivity index (χ1) is 15.6. The molecule has 1 aliphatic rings. The topological polar surface area (TPSA) is 105 Å². The molecule has 4 rings (SSSR count). The van der Waals surface area contributed by atoms with Crippen molar-refractivity contribution in [3.05, 3.63) is 60.8 Å². The maximum Gasteiger partial charge on any atom is 0.241 e. The SMILES string of the molecule is CCC(N)C(=O)Nc1ccc(-c2ccnc(Nc3ccc(N4CCOCC4)cc3)n2)cc1. The molecule has 8 heteroatoms. The number of carbonyl (C=O) groups is 1. The Hall–Kier alpha value is -3.49. The lowest BCUT2D eigenvalue weighted by molar-refractivity contribution is -0.117. The molecule has 1 aromatic heterocycles. The van der Waals surface area contributed by atoms with E-state index in [-0.39, 0.29) is 5.91 Å². The van der Waals surface area contributed by atoms with E-state index in [2.05, 4.69) is 37.6 Å². The van der Waals surface area contributed by atoms with Crippen molar-refractivity contribution < 1.29 is 9.53 Å². The molecule has 0 saturated carbocycles. The molecular weight excluding hydrogens is 404 g/mol. The minimum absolute atomic E-state index is 0.187. The Kier molecular flexibility index (Phi) is 6.94. The number of benzene rings is 2. The molecule has 166 valence electrons. The van der Waals surface area contributed by atoms with Gasteiger partial charge < -0.3 is 26.0 Å². The average Bonchev–Trinajstić information content (AvgIpc) is 2.85. The van der Waals surface area contributed by atoms with Gasteiger partial charge in [0.1, 0.15) is 0 Å². The van der Waals surface area contributed by atoms with Crippen LogP contribution < -0.4 is 21.3 Å². The molecule has 1 aliphatic heterocycles. The molecule has 1 fully saturated rings. The number of morpholine rings is 1. The minimum Gasteiger partial charge on any atom is -0.378 e. The Balaban J connectivity index is 1.41. The van der Waals surface area contributed by atoms with Crippen LogP contribution in [0, 0.1) is 0 Å². The summed E-state index contributed by atoms with van der Waals surface area (Å²) in [5, 5.41) is 6.09. The third kappa shape index (κ3) is 5.40. The van der Waals surface area contributed by atoms with Crippen molar-refractivity contribution in [1.29, 1.82) is 0 Å². The molecular formula is C24H28N6O2. The highest BCUT2D eigenvalue weighted by molar-refractivity contribution is 5.94. The van der Waals surface area contributed by atoms with E-state index in [0.717, 1.165) is 43.2 Å². The largest absolute Gasteiger partial charge is 0.378 e. The number of nitrogens with one attached hydrogen (secondary N) is 2. The number of ether oxygens (including phenoxy) is 1. The van der Waals surface area contributed by atoms with E-state index >= 15 is 0 Å². The molecule has 2 aromatic carbocycles. The van der Waals surface area contributed by atoms with Crippen molar-refractivity contribution in [2.75, 3.05) is 41.8 Å². The van der Waals surface area contributed by atoms with Crippen LogP contribution >= 0.6 is 0 Å². The number of nitrogens with zero attached hydrogens (tertiary/aromatic N) is 3. The molecule has 1 saturated heterocycles. The summed E-state index contributed by atoms with van der Waals surface area (Å²) in [5.74, 6) is 0.335. The standard InChI is InChI=1S/C24H28N6O2/c1-2-21(25)23(31)27-18-5-3-17(4-6-18)22-11-12-26-24(29-22)28-19-7-9-20(10-8-19)30-13-15-32-16-14-30/h3-12,21H,2,13-16,25H2,1H3,(H,27,31)(H,26,28,29). The van der Waals surface area contributed by atoms with Gasteiger partial charge in [-0.15, -0.1) is 0 Å². The Morgan fingerprint density at radius 3 is 2.44 bits per heavy atom. The first kappa shape index (κ1) is 21.7. The second-order valence-electron chi connectivity index (χ2n) is 7.62. The van der Waals surface area contributed by atoms with Gasteiger partial charge in [-0.3, -0.25) is 4.79 Å². The van der Waals surface area contributed by atoms with Crippen LogP contribution in [0.5, 0.6) is 0 Å². The molecule has 0 spiro atoms. The fraction of sp³-hybridized carbons (Fsp3) is 0.292. The number of amides is 1. The van der Waals surface area contributed by atoms with Crippen LogP contribution in [-0.4, -0.2) is 48.2 Å². The van der Waals surface area contributed by atoms with Crippen molar-refractivity contribution in [1.82, 2.24) is 9.97 Å². The molecule has 0 radical (unpaired) electrons. The van der Waals surface area contributed by atoms with Crippen LogP contribution in [-0.2, 0) is 9.53 Å². The highest BCUT2D eigenvalue weighted by Gasteiger charge is 2.12. The van der Waals surface area contributed by atoms with Crippen LogP contribution in [0.25, 0.3) is 11.3 Å². The molecule has 1 unspecified atom stereocenters. The van der Waals surface area contributed by atoms with Gasteiger partial charge in [-0.25, -0.2) is 9.97 Å². The first-order valence-corrected chi connectivity index (χ1v) is 10.8. The third-order valence-corrected chi connectivity index (χ3v) is 5.38. The number of aromatic nitrogens is 2. The highest BCUT2D eigenvalue weighted by atomic mass is 16.5. The Labute approximate surface area is 187 Å². The lowest BCUT2D eigenvalue weighted by atomic mass is 10.1. The van der Waals surface area contributed by atoms with Gasteiger partial charge in [-0.2, -0.15) is 0 Å². The number of carbonyl (C=O) groups excluding carboxylic acids is 1. The summed E-state index contributed by atoms with van der Waals surface area (Å²) in [5.41, 5.74) is 10.3. The number of rotatable bonds is 7. The van der Waals surface area contributed by atoms with Crippen LogP contribution in [0.4, 0.5) is 23.0 Å². The van der Waals surface area contributed by atoms with Crippen LogP contribution in [0.1, 0.15) is 13.3 Å². The maximum absolute atomic E-state index is 12.0. The lowest BCUT2D eigenvalue weighted by Gasteiger charge is -2.28. The van der Waals surface area contributed by atoms with Gasteiger partial charge in [0.25, 0.3) is 0 Å². The molecule has 2 heterocycles. The summed E-state index contributed by atoms with van der Waals surface area (Å²) in [6, 6.07) is 17.1. The van der Waals surface area contributed by atoms with Crippen LogP contribution in [0.3, 0.4) is 0 Å². The lowest BCUT2D eigenvalue weighted by Crippen LogP contribution is -2.36. The number of hydrogen-bond donors (Lipinski definition) is 3. The monoisotopic (exact) mass is 432 g/mol. The fourth-order valence-corrected chi connectivity index (χ4v) is 3.43. The van der Waals surface area contributed by atoms with E-state index in [9.17, 15) is 4.79 Å². The second-order valence-corrected chi connectivity index (χ2v) is 7.62. The van der Waals surface area contributed by atoms with Crippen molar-refractivity contribution in [2.45, 2.75) is 19.4 Å². The zero-order valence-electron chi connectivity index (χ0n) is 18.1. The number of nitrogens with two attached hydrogens (primary N) is 1. The molecule has 8 nitrogen and oxygen atoms in total. The minimum atomic E-state index is -0.506. The molecule has 1 atom stereocenters.